The number of rotatable bonds is 2. The van der Waals surface area contributed by atoms with Gasteiger partial charge in [0.1, 0.15) is 0 Å². The number of benzene rings is 1. The van der Waals surface area contributed by atoms with E-state index in [1.165, 1.54) is 0 Å². The summed E-state index contributed by atoms with van der Waals surface area (Å²) in [4.78, 5) is 12.0. The van der Waals surface area contributed by atoms with Crippen LogP contribution in [0.25, 0.3) is 0 Å². The van der Waals surface area contributed by atoms with Gasteiger partial charge in [0.15, 0.2) is 0 Å². The number of carbonyl (C=O) groups excluding carboxylic acids is 1. The van der Waals surface area contributed by atoms with Crippen molar-refractivity contribution < 1.29 is 4.79 Å². The summed E-state index contributed by atoms with van der Waals surface area (Å²) in [5.41, 5.74) is 4.02. The van der Waals surface area contributed by atoms with Gasteiger partial charge in [-0.25, -0.2) is 5.43 Å². The molecule has 0 bridgehead atoms. The fraction of sp³-hybridized carbons (Fsp3) is 0.286. The molecule has 2 atom stereocenters. The molecule has 0 spiro atoms. The Morgan fingerprint density at radius 2 is 2.21 bits per heavy atom. The maximum atomic E-state index is 12.0. The number of amides is 1. The smallest absolute Gasteiger partial charge is 0.267 e. The normalized spacial score (nSPS) is 26.1. The molecule has 0 saturated heterocycles. The molecule has 0 aliphatic heterocycles. The zero-order valence-electron chi connectivity index (χ0n) is 10.1. The summed E-state index contributed by atoms with van der Waals surface area (Å²) in [5.74, 6) is 0.805. The highest BCUT2D eigenvalue weighted by Gasteiger charge is 2.38. The summed E-state index contributed by atoms with van der Waals surface area (Å²) in [6.45, 7) is 0. The first-order valence-corrected chi connectivity index (χ1v) is 6.89. The van der Waals surface area contributed by atoms with Crippen LogP contribution in [0.1, 0.15) is 23.2 Å². The molecule has 3 nitrogen and oxygen atoms in total. The van der Waals surface area contributed by atoms with E-state index in [1.54, 1.807) is 18.2 Å². The van der Waals surface area contributed by atoms with Crippen LogP contribution in [-0.4, -0.2) is 11.6 Å². The van der Waals surface area contributed by atoms with Crippen LogP contribution in [0.2, 0.25) is 10.0 Å². The molecule has 0 heterocycles. The van der Waals surface area contributed by atoms with E-state index in [0.29, 0.717) is 27.4 Å². The minimum absolute atomic E-state index is 0.302. The summed E-state index contributed by atoms with van der Waals surface area (Å²) in [5, 5.41) is 5.04. The monoisotopic (exact) mass is 294 g/mol. The first-order valence-electron chi connectivity index (χ1n) is 6.13. The van der Waals surface area contributed by atoms with Crippen molar-refractivity contribution in [1.82, 2.24) is 5.43 Å². The Labute approximate surface area is 121 Å². The predicted molar refractivity (Wildman–Crippen MR) is 76.7 cm³/mol. The Morgan fingerprint density at radius 3 is 2.95 bits per heavy atom. The van der Waals surface area contributed by atoms with Crippen molar-refractivity contribution in [2.75, 3.05) is 0 Å². The lowest BCUT2D eigenvalue weighted by Crippen LogP contribution is -2.35. The molecule has 3 rings (SSSR count). The van der Waals surface area contributed by atoms with E-state index in [9.17, 15) is 4.79 Å². The quantitative estimate of drug-likeness (QED) is 0.656. The van der Waals surface area contributed by atoms with E-state index in [2.05, 4.69) is 22.7 Å². The van der Waals surface area contributed by atoms with Gasteiger partial charge in [-0.1, -0.05) is 35.4 Å². The van der Waals surface area contributed by atoms with Crippen LogP contribution in [-0.2, 0) is 0 Å². The Morgan fingerprint density at radius 1 is 1.37 bits per heavy atom. The van der Waals surface area contributed by atoms with E-state index in [-0.39, 0.29) is 5.91 Å². The summed E-state index contributed by atoms with van der Waals surface area (Å²) >= 11 is 11.8. The third-order valence-electron chi connectivity index (χ3n) is 3.64. The van der Waals surface area contributed by atoms with E-state index in [4.69, 9.17) is 23.2 Å². The van der Waals surface area contributed by atoms with Gasteiger partial charge >= 0.3 is 0 Å². The number of hydrazone groups is 1. The molecule has 19 heavy (non-hydrogen) atoms. The second kappa shape index (κ2) is 4.99. The van der Waals surface area contributed by atoms with E-state index in [1.807, 2.05) is 0 Å². The van der Waals surface area contributed by atoms with Crippen LogP contribution in [0.4, 0.5) is 0 Å². The Hall–Kier alpha value is -1.32. The van der Waals surface area contributed by atoms with Gasteiger partial charge in [-0.05, 0) is 37.0 Å². The summed E-state index contributed by atoms with van der Waals surface area (Å²) in [6, 6.07) is 4.78. The van der Waals surface area contributed by atoms with Crippen molar-refractivity contribution in [3.05, 3.63) is 46.0 Å². The van der Waals surface area contributed by atoms with Crippen molar-refractivity contribution in [3.63, 3.8) is 0 Å². The third-order valence-corrected chi connectivity index (χ3v) is 4.19. The molecule has 1 fully saturated rings. The number of nitrogens with one attached hydrogen (secondary N) is 1. The van der Waals surface area contributed by atoms with E-state index < -0.39 is 0 Å². The second-order valence-corrected chi connectivity index (χ2v) is 5.65. The van der Waals surface area contributed by atoms with Crippen LogP contribution >= 0.6 is 23.2 Å². The molecule has 2 aliphatic carbocycles. The predicted octanol–water partition coefficient (Wildman–Crippen LogP) is 3.68. The Kier molecular flexibility index (Phi) is 3.33. The average Bonchev–Trinajstić information content (AvgIpc) is 2.71. The number of hydrogen-bond acceptors (Lipinski definition) is 2. The van der Waals surface area contributed by atoms with Crippen LogP contribution < -0.4 is 5.43 Å². The van der Waals surface area contributed by atoms with Gasteiger partial charge in [-0.3, -0.25) is 4.79 Å². The maximum Gasteiger partial charge on any atom is 0.272 e. The van der Waals surface area contributed by atoms with Gasteiger partial charge in [0.05, 0.1) is 10.6 Å². The van der Waals surface area contributed by atoms with Crippen LogP contribution in [0, 0.1) is 11.8 Å². The van der Waals surface area contributed by atoms with Crippen molar-refractivity contribution in [2.45, 2.75) is 12.8 Å². The van der Waals surface area contributed by atoms with Gasteiger partial charge in [0.25, 0.3) is 5.91 Å². The van der Waals surface area contributed by atoms with E-state index in [0.717, 1.165) is 18.6 Å². The van der Waals surface area contributed by atoms with Crippen LogP contribution in [0.5, 0.6) is 0 Å². The summed E-state index contributed by atoms with van der Waals surface area (Å²) in [7, 11) is 0. The van der Waals surface area contributed by atoms with Crippen molar-refractivity contribution in [2.24, 2.45) is 16.9 Å². The van der Waals surface area contributed by atoms with Gasteiger partial charge in [0, 0.05) is 16.7 Å². The molecular weight excluding hydrogens is 283 g/mol. The number of hydrogen-bond donors (Lipinski definition) is 1. The molecule has 98 valence electrons. The van der Waals surface area contributed by atoms with Gasteiger partial charge in [0.2, 0.25) is 0 Å². The second-order valence-electron chi connectivity index (χ2n) is 4.81. The summed E-state index contributed by atoms with van der Waals surface area (Å²) in [6.07, 6.45) is 6.37. The molecule has 2 aliphatic rings. The highest BCUT2D eigenvalue weighted by Crippen LogP contribution is 2.40. The Balaban J connectivity index is 1.67. The highest BCUT2D eigenvalue weighted by molar-refractivity contribution is 6.36. The Bertz CT molecular complexity index is 595. The highest BCUT2D eigenvalue weighted by atomic mass is 35.5. The first-order chi connectivity index (χ1) is 9.15. The molecule has 0 aromatic heterocycles. The lowest BCUT2D eigenvalue weighted by atomic mass is 9.74. The SMILES string of the molecule is O=C(NN=C1CC2C=CCC12)c1ccc(Cl)cc1Cl. The lowest BCUT2D eigenvalue weighted by molar-refractivity contribution is 0.0954. The molecular formula is C14H12Cl2N2O. The van der Waals surface area contributed by atoms with Crippen molar-refractivity contribution in [3.8, 4) is 0 Å². The molecule has 5 heteroatoms. The minimum Gasteiger partial charge on any atom is -0.267 e. The summed E-state index contributed by atoms with van der Waals surface area (Å²) < 4.78 is 0. The van der Waals surface area contributed by atoms with Crippen molar-refractivity contribution >= 4 is 34.8 Å². The largest absolute Gasteiger partial charge is 0.272 e. The van der Waals surface area contributed by atoms with Crippen LogP contribution in [0.15, 0.2) is 35.5 Å². The number of nitrogens with zero attached hydrogens (tertiary/aromatic N) is 1. The molecule has 0 radical (unpaired) electrons. The lowest BCUT2D eigenvalue weighted by Gasteiger charge is -2.31. The zero-order valence-corrected chi connectivity index (χ0v) is 11.6. The van der Waals surface area contributed by atoms with E-state index >= 15 is 0 Å². The molecule has 1 aromatic rings. The van der Waals surface area contributed by atoms with Crippen molar-refractivity contribution in [1.29, 1.82) is 0 Å². The van der Waals surface area contributed by atoms with Gasteiger partial charge in [-0.15, -0.1) is 0 Å². The van der Waals surface area contributed by atoms with Crippen LogP contribution in [0.3, 0.4) is 0 Å². The average molecular weight is 295 g/mol. The first kappa shape index (κ1) is 12.7. The molecule has 1 saturated carbocycles. The standard InChI is InChI=1S/C14H12Cl2N2O/c15-9-4-5-11(12(16)7-9)14(19)18-17-13-6-8-2-1-3-10(8)13/h1-2,4-5,7-8,10H,3,6H2,(H,18,19). The number of allylic oxidation sites excluding steroid dienone is 2. The maximum absolute atomic E-state index is 12.0. The number of halogens is 2. The fourth-order valence-corrected chi connectivity index (χ4v) is 3.01. The number of fused-ring (bicyclic) bond motifs is 1. The third kappa shape index (κ3) is 2.40. The molecule has 1 aromatic carbocycles. The molecule has 2 unspecified atom stereocenters. The van der Waals surface area contributed by atoms with Gasteiger partial charge in [-0.2, -0.15) is 5.10 Å². The molecule has 1 amide bonds. The number of carbonyl (C=O) groups is 1. The topological polar surface area (TPSA) is 41.5 Å². The minimum atomic E-state index is -0.302. The molecule has 1 N–H and O–H groups in total. The fourth-order valence-electron chi connectivity index (χ4n) is 2.52. The zero-order chi connectivity index (χ0) is 13.4. The van der Waals surface area contributed by atoms with Gasteiger partial charge < -0.3 is 0 Å².